The molecule has 2 rings (SSSR count). The van der Waals surface area contributed by atoms with Crippen LogP contribution in [0.15, 0.2) is 12.3 Å². The molecule has 1 aromatic heterocycles. The summed E-state index contributed by atoms with van der Waals surface area (Å²) in [5, 5.41) is 13.5. The first-order chi connectivity index (χ1) is 9.91. The highest BCUT2D eigenvalue weighted by molar-refractivity contribution is 5.98. The normalized spacial score (nSPS) is 17.2. The van der Waals surface area contributed by atoms with Crippen LogP contribution in [0.4, 0.5) is 11.5 Å². The van der Waals surface area contributed by atoms with Crippen molar-refractivity contribution in [2.75, 3.05) is 25.5 Å². The molecule has 114 valence electrons. The van der Waals surface area contributed by atoms with Crippen molar-refractivity contribution in [1.29, 1.82) is 0 Å². The van der Waals surface area contributed by atoms with Crippen LogP contribution in [-0.2, 0) is 4.74 Å². The van der Waals surface area contributed by atoms with Crippen LogP contribution in [-0.4, -0.2) is 35.6 Å². The number of ether oxygens (including phenoxy) is 1. The van der Waals surface area contributed by atoms with Crippen molar-refractivity contribution in [1.82, 2.24) is 10.3 Å². The summed E-state index contributed by atoms with van der Waals surface area (Å²) >= 11 is 0. The van der Waals surface area contributed by atoms with Crippen LogP contribution in [0.2, 0.25) is 0 Å². The Labute approximate surface area is 121 Å². The highest BCUT2D eigenvalue weighted by Crippen LogP contribution is 2.28. The van der Waals surface area contributed by atoms with Gasteiger partial charge in [0, 0.05) is 25.8 Å². The second-order valence-electron chi connectivity index (χ2n) is 5.49. The Bertz CT molecular complexity index is 555. The molecule has 0 bridgehead atoms. The molecule has 3 N–H and O–H groups in total. The number of anilines is 1. The maximum Gasteiger partial charge on any atom is 0.288 e. The van der Waals surface area contributed by atoms with E-state index in [2.05, 4.69) is 17.2 Å². The summed E-state index contributed by atoms with van der Waals surface area (Å²) in [7, 11) is 0. The number of amides is 1. The van der Waals surface area contributed by atoms with Crippen molar-refractivity contribution in [3.8, 4) is 0 Å². The number of carbonyl (C=O) groups is 1. The lowest BCUT2D eigenvalue weighted by molar-refractivity contribution is -0.385. The average Bonchev–Trinajstić information content (AvgIpc) is 2.46. The fourth-order valence-electron chi connectivity index (χ4n) is 2.18. The van der Waals surface area contributed by atoms with Crippen molar-refractivity contribution in [3.05, 3.63) is 27.9 Å². The van der Waals surface area contributed by atoms with Crippen LogP contribution in [0.25, 0.3) is 0 Å². The topological polar surface area (TPSA) is 120 Å². The third-order valence-corrected chi connectivity index (χ3v) is 3.74. The van der Waals surface area contributed by atoms with E-state index in [0.717, 1.165) is 25.1 Å². The number of pyridine rings is 1. The van der Waals surface area contributed by atoms with Crippen LogP contribution in [0.1, 0.15) is 30.1 Å². The minimum absolute atomic E-state index is 0.0183. The molecule has 1 fully saturated rings. The van der Waals surface area contributed by atoms with Gasteiger partial charge in [0.1, 0.15) is 12.0 Å². The van der Waals surface area contributed by atoms with E-state index in [4.69, 9.17) is 10.5 Å². The third-order valence-electron chi connectivity index (χ3n) is 3.74. The number of rotatable bonds is 4. The SMILES string of the molecule is CC1(CNC(=O)c2cc([N+](=O)[O-])cnc2N)CCOCC1. The molecule has 0 unspecified atom stereocenters. The lowest BCUT2D eigenvalue weighted by Crippen LogP contribution is -2.39. The van der Waals surface area contributed by atoms with Crippen LogP contribution in [0.3, 0.4) is 0 Å². The van der Waals surface area contributed by atoms with Crippen LogP contribution >= 0.6 is 0 Å². The number of nitrogens with one attached hydrogen (secondary N) is 1. The molecule has 0 atom stereocenters. The monoisotopic (exact) mass is 294 g/mol. The van der Waals surface area contributed by atoms with E-state index < -0.39 is 10.8 Å². The van der Waals surface area contributed by atoms with Crippen LogP contribution in [0, 0.1) is 15.5 Å². The molecule has 0 radical (unpaired) electrons. The minimum atomic E-state index is -0.608. The summed E-state index contributed by atoms with van der Waals surface area (Å²) in [5.41, 5.74) is 5.36. The van der Waals surface area contributed by atoms with Crippen LogP contribution < -0.4 is 11.1 Å². The van der Waals surface area contributed by atoms with Crippen molar-refractivity contribution >= 4 is 17.4 Å². The zero-order valence-electron chi connectivity index (χ0n) is 11.8. The highest BCUT2D eigenvalue weighted by atomic mass is 16.6. The van der Waals surface area contributed by atoms with E-state index in [1.807, 2.05) is 0 Å². The predicted molar refractivity (Wildman–Crippen MR) is 75.8 cm³/mol. The molecule has 1 aromatic rings. The molecule has 8 nitrogen and oxygen atoms in total. The molecular weight excluding hydrogens is 276 g/mol. The minimum Gasteiger partial charge on any atom is -0.383 e. The first-order valence-electron chi connectivity index (χ1n) is 6.67. The Balaban J connectivity index is 2.06. The Morgan fingerprint density at radius 2 is 2.24 bits per heavy atom. The summed E-state index contributed by atoms with van der Waals surface area (Å²) in [6, 6.07) is 1.14. The first kappa shape index (κ1) is 15.2. The van der Waals surface area contributed by atoms with E-state index in [-0.39, 0.29) is 22.5 Å². The van der Waals surface area contributed by atoms with E-state index >= 15 is 0 Å². The zero-order chi connectivity index (χ0) is 15.5. The molecule has 1 aliphatic heterocycles. The number of aromatic nitrogens is 1. The van der Waals surface area contributed by atoms with Gasteiger partial charge in [-0.3, -0.25) is 14.9 Å². The quantitative estimate of drug-likeness (QED) is 0.634. The number of nitrogens with two attached hydrogens (primary N) is 1. The molecular formula is C13H18N4O4. The summed E-state index contributed by atoms with van der Waals surface area (Å²) < 4.78 is 5.30. The van der Waals surface area contributed by atoms with Gasteiger partial charge in [0.05, 0.1) is 10.5 Å². The smallest absolute Gasteiger partial charge is 0.288 e. The number of hydrogen-bond acceptors (Lipinski definition) is 6. The van der Waals surface area contributed by atoms with E-state index in [1.165, 1.54) is 0 Å². The molecule has 21 heavy (non-hydrogen) atoms. The number of hydrogen-bond donors (Lipinski definition) is 2. The zero-order valence-corrected chi connectivity index (χ0v) is 11.8. The van der Waals surface area contributed by atoms with Crippen molar-refractivity contribution in [2.24, 2.45) is 5.41 Å². The first-order valence-corrected chi connectivity index (χ1v) is 6.67. The lowest BCUT2D eigenvalue weighted by Gasteiger charge is -2.33. The van der Waals surface area contributed by atoms with Crippen molar-refractivity contribution in [2.45, 2.75) is 19.8 Å². The van der Waals surface area contributed by atoms with Gasteiger partial charge >= 0.3 is 0 Å². The molecule has 1 saturated heterocycles. The summed E-state index contributed by atoms with van der Waals surface area (Å²) in [4.78, 5) is 25.9. The molecule has 0 spiro atoms. The number of carbonyl (C=O) groups excluding carboxylic acids is 1. The number of nitro groups is 1. The molecule has 0 aromatic carbocycles. The van der Waals surface area contributed by atoms with Gasteiger partial charge in [-0.15, -0.1) is 0 Å². The van der Waals surface area contributed by atoms with Gasteiger partial charge in [-0.1, -0.05) is 6.92 Å². The molecule has 0 saturated carbocycles. The Hall–Kier alpha value is -2.22. The van der Waals surface area contributed by atoms with Gasteiger partial charge in [-0.05, 0) is 18.3 Å². The molecule has 1 amide bonds. The summed E-state index contributed by atoms with van der Waals surface area (Å²) in [6.07, 6.45) is 2.75. The molecule has 8 heteroatoms. The fraction of sp³-hybridized carbons (Fsp3) is 0.538. The predicted octanol–water partition coefficient (Wildman–Crippen LogP) is 1.12. The van der Waals surface area contributed by atoms with Gasteiger partial charge in [0.15, 0.2) is 0 Å². The average molecular weight is 294 g/mol. The summed E-state index contributed by atoms with van der Waals surface area (Å²) in [6.45, 7) is 3.89. The fourth-order valence-corrected chi connectivity index (χ4v) is 2.18. The van der Waals surface area contributed by atoms with E-state index in [1.54, 1.807) is 0 Å². The van der Waals surface area contributed by atoms with E-state index in [0.29, 0.717) is 19.8 Å². The van der Waals surface area contributed by atoms with Gasteiger partial charge in [-0.2, -0.15) is 0 Å². The Kier molecular flexibility index (Phi) is 4.37. The van der Waals surface area contributed by atoms with Gasteiger partial charge in [-0.25, -0.2) is 4.98 Å². The molecule has 1 aliphatic rings. The standard InChI is InChI=1S/C13H18N4O4/c1-13(2-4-21-5-3-13)8-16-12(18)10-6-9(17(19)20)7-15-11(10)14/h6-7H,2-5,8H2,1H3,(H2,14,15)(H,16,18). The second-order valence-corrected chi connectivity index (χ2v) is 5.49. The maximum absolute atomic E-state index is 12.1. The second kappa shape index (κ2) is 6.04. The maximum atomic E-state index is 12.1. The van der Waals surface area contributed by atoms with Gasteiger partial charge in [0.2, 0.25) is 0 Å². The van der Waals surface area contributed by atoms with Gasteiger partial charge in [0.25, 0.3) is 11.6 Å². The van der Waals surface area contributed by atoms with Crippen molar-refractivity contribution < 1.29 is 14.5 Å². The van der Waals surface area contributed by atoms with Crippen LogP contribution in [0.5, 0.6) is 0 Å². The highest BCUT2D eigenvalue weighted by Gasteiger charge is 2.28. The Morgan fingerprint density at radius 1 is 1.57 bits per heavy atom. The largest absolute Gasteiger partial charge is 0.383 e. The number of nitrogens with zero attached hydrogens (tertiary/aromatic N) is 2. The molecule has 2 heterocycles. The summed E-state index contributed by atoms with van der Waals surface area (Å²) in [5.74, 6) is -0.466. The van der Waals surface area contributed by atoms with E-state index in [9.17, 15) is 14.9 Å². The van der Waals surface area contributed by atoms with Gasteiger partial charge < -0.3 is 15.8 Å². The van der Waals surface area contributed by atoms with Crippen molar-refractivity contribution in [3.63, 3.8) is 0 Å². The Morgan fingerprint density at radius 3 is 2.86 bits per heavy atom. The lowest BCUT2D eigenvalue weighted by atomic mass is 9.82. The third kappa shape index (κ3) is 3.66. The number of nitrogen functional groups attached to an aromatic ring is 1. The molecule has 0 aliphatic carbocycles.